The van der Waals surface area contributed by atoms with Gasteiger partial charge in [-0.15, -0.1) is 0 Å². The molecule has 7 heteroatoms. The van der Waals surface area contributed by atoms with Crippen LogP contribution in [0, 0.1) is 3.57 Å². The highest BCUT2D eigenvalue weighted by atomic mass is 127. The van der Waals surface area contributed by atoms with E-state index in [0.29, 0.717) is 6.61 Å². The van der Waals surface area contributed by atoms with Gasteiger partial charge in [-0.3, -0.25) is 4.84 Å². The van der Waals surface area contributed by atoms with Crippen LogP contribution < -0.4 is 11.5 Å². The Morgan fingerprint density at radius 2 is 1.89 bits per heavy atom. The topological polar surface area (TPSA) is 89.2 Å². The molecule has 0 fully saturated rings. The number of hydrogen-bond donors (Lipinski definition) is 2. The first-order chi connectivity index (χ1) is 8.88. The second-order valence-corrected chi connectivity index (χ2v) is 5.87. The van der Waals surface area contributed by atoms with Crippen LogP contribution in [0.25, 0.3) is 0 Å². The Hall–Kier alpha value is -1.35. The van der Waals surface area contributed by atoms with Crippen molar-refractivity contribution in [2.45, 2.75) is 26.1 Å². The quantitative estimate of drug-likeness (QED) is 0.784. The van der Waals surface area contributed by atoms with Gasteiger partial charge in [0.2, 0.25) is 11.9 Å². The first-order valence-corrected chi connectivity index (χ1v) is 6.83. The Labute approximate surface area is 125 Å². The van der Waals surface area contributed by atoms with Crippen LogP contribution in [0.15, 0.2) is 34.3 Å². The third-order valence-corrected chi connectivity index (χ3v) is 3.32. The summed E-state index contributed by atoms with van der Waals surface area (Å²) in [5.74, 6) is 0.375. The van der Waals surface area contributed by atoms with E-state index in [-0.39, 0.29) is 11.9 Å². The minimum Gasteiger partial charge on any atom is -0.368 e. The molecule has 0 spiro atoms. The second-order valence-electron chi connectivity index (χ2n) is 4.63. The van der Waals surface area contributed by atoms with Gasteiger partial charge in [0.1, 0.15) is 6.61 Å². The largest absolute Gasteiger partial charge is 0.368 e. The lowest BCUT2D eigenvalue weighted by atomic mass is 10.2. The summed E-state index contributed by atoms with van der Waals surface area (Å²) in [5, 5.41) is 1.47. The standard InChI is InChI=1S/C12H16IN5O/c1-12(2)17-10(14)16-11(15)18(12)19-7-8-3-5-9(13)6-4-8/h3-6H,7H2,1-2H3,(H4,14,15,16,17). The average molecular weight is 373 g/mol. The highest BCUT2D eigenvalue weighted by Crippen LogP contribution is 2.21. The molecule has 1 aliphatic rings. The van der Waals surface area contributed by atoms with Gasteiger partial charge in [0.15, 0.2) is 5.66 Å². The predicted molar refractivity (Wildman–Crippen MR) is 83.1 cm³/mol. The van der Waals surface area contributed by atoms with Crippen molar-refractivity contribution >= 4 is 34.5 Å². The maximum Gasteiger partial charge on any atom is 0.226 e. The highest BCUT2D eigenvalue weighted by Gasteiger charge is 2.33. The summed E-state index contributed by atoms with van der Waals surface area (Å²) >= 11 is 2.26. The van der Waals surface area contributed by atoms with Gasteiger partial charge >= 0.3 is 0 Å². The van der Waals surface area contributed by atoms with E-state index in [9.17, 15) is 0 Å². The number of aliphatic imine (C=N–C) groups is 2. The van der Waals surface area contributed by atoms with Crippen molar-refractivity contribution in [1.29, 1.82) is 0 Å². The summed E-state index contributed by atoms with van der Waals surface area (Å²) in [4.78, 5) is 13.8. The molecular weight excluding hydrogens is 357 g/mol. The van der Waals surface area contributed by atoms with Crippen LogP contribution in [-0.2, 0) is 11.4 Å². The van der Waals surface area contributed by atoms with Crippen molar-refractivity contribution in [3.63, 3.8) is 0 Å². The molecule has 0 unspecified atom stereocenters. The molecule has 0 saturated carbocycles. The predicted octanol–water partition coefficient (Wildman–Crippen LogP) is 1.40. The molecule has 0 aromatic heterocycles. The Bertz CT molecular complexity index is 523. The maximum absolute atomic E-state index is 5.82. The summed E-state index contributed by atoms with van der Waals surface area (Å²) < 4.78 is 1.18. The molecule has 1 heterocycles. The van der Waals surface area contributed by atoms with Crippen molar-refractivity contribution in [3.8, 4) is 0 Å². The molecule has 1 aliphatic heterocycles. The third kappa shape index (κ3) is 3.35. The molecule has 0 aliphatic carbocycles. The molecule has 6 nitrogen and oxygen atoms in total. The zero-order chi connectivity index (χ0) is 14.0. The Balaban J connectivity index is 2.07. The third-order valence-electron chi connectivity index (χ3n) is 2.60. The second kappa shape index (κ2) is 5.33. The van der Waals surface area contributed by atoms with E-state index in [4.69, 9.17) is 16.3 Å². The van der Waals surface area contributed by atoms with Gasteiger partial charge in [0, 0.05) is 3.57 Å². The number of nitrogens with zero attached hydrogens (tertiary/aromatic N) is 3. The number of benzene rings is 1. The minimum atomic E-state index is -0.668. The molecule has 102 valence electrons. The zero-order valence-corrected chi connectivity index (χ0v) is 13.0. The number of rotatable bonds is 3. The summed E-state index contributed by atoms with van der Waals surface area (Å²) in [6.45, 7) is 4.11. The smallest absolute Gasteiger partial charge is 0.226 e. The lowest BCUT2D eigenvalue weighted by molar-refractivity contribution is -0.166. The van der Waals surface area contributed by atoms with Crippen LogP contribution in [0.2, 0.25) is 0 Å². The lowest BCUT2D eigenvalue weighted by Crippen LogP contribution is -2.53. The molecule has 0 atom stereocenters. The van der Waals surface area contributed by atoms with E-state index in [1.807, 2.05) is 38.1 Å². The molecule has 0 bridgehead atoms. The lowest BCUT2D eigenvalue weighted by Gasteiger charge is -2.36. The van der Waals surface area contributed by atoms with Gasteiger partial charge < -0.3 is 11.5 Å². The van der Waals surface area contributed by atoms with Crippen molar-refractivity contribution in [1.82, 2.24) is 5.06 Å². The fourth-order valence-corrected chi connectivity index (χ4v) is 2.10. The van der Waals surface area contributed by atoms with E-state index in [1.165, 1.54) is 8.63 Å². The van der Waals surface area contributed by atoms with Crippen LogP contribution >= 0.6 is 22.6 Å². The maximum atomic E-state index is 5.82. The van der Waals surface area contributed by atoms with Gasteiger partial charge in [-0.2, -0.15) is 10.1 Å². The van der Waals surface area contributed by atoms with E-state index in [1.54, 1.807) is 0 Å². The van der Waals surface area contributed by atoms with Gasteiger partial charge in [0.25, 0.3) is 0 Å². The van der Waals surface area contributed by atoms with Gasteiger partial charge in [-0.05, 0) is 54.1 Å². The fourth-order valence-electron chi connectivity index (χ4n) is 1.74. The molecule has 0 amide bonds. The summed E-state index contributed by atoms with van der Waals surface area (Å²) in [6.07, 6.45) is 0. The number of halogens is 1. The number of guanidine groups is 2. The van der Waals surface area contributed by atoms with Crippen molar-refractivity contribution in [2.75, 3.05) is 0 Å². The van der Waals surface area contributed by atoms with Crippen molar-refractivity contribution in [2.24, 2.45) is 21.5 Å². The Morgan fingerprint density at radius 1 is 1.26 bits per heavy atom. The van der Waals surface area contributed by atoms with E-state index in [0.717, 1.165) is 5.56 Å². The molecular formula is C12H16IN5O. The number of nitrogens with two attached hydrogens (primary N) is 2. The van der Waals surface area contributed by atoms with Crippen molar-refractivity contribution in [3.05, 3.63) is 33.4 Å². The number of hydrogen-bond acceptors (Lipinski definition) is 6. The fraction of sp³-hybridized carbons (Fsp3) is 0.333. The number of hydroxylamine groups is 2. The summed E-state index contributed by atoms with van der Waals surface area (Å²) in [7, 11) is 0. The minimum absolute atomic E-state index is 0.164. The molecule has 0 radical (unpaired) electrons. The Morgan fingerprint density at radius 3 is 2.47 bits per heavy atom. The van der Waals surface area contributed by atoms with Gasteiger partial charge in [-0.1, -0.05) is 12.1 Å². The normalized spacial score (nSPS) is 17.9. The SMILES string of the molecule is CC1(C)N=C(N)N=C(N)N1OCc1ccc(I)cc1. The first-order valence-electron chi connectivity index (χ1n) is 5.75. The summed E-state index contributed by atoms with van der Waals surface area (Å²) in [5.41, 5.74) is 11.8. The molecule has 1 aromatic rings. The van der Waals surface area contributed by atoms with Crippen LogP contribution in [0.3, 0.4) is 0 Å². The molecule has 19 heavy (non-hydrogen) atoms. The van der Waals surface area contributed by atoms with Crippen LogP contribution in [-0.4, -0.2) is 22.6 Å². The van der Waals surface area contributed by atoms with E-state index < -0.39 is 5.66 Å². The van der Waals surface area contributed by atoms with Crippen LogP contribution in [0.1, 0.15) is 19.4 Å². The van der Waals surface area contributed by atoms with Gasteiger partial charge in [0.05, 0.1) is 0 Å². The monoisotopic (exact) mass is 373 g/mol. The Kier molecular flexibility index (Phi) is 3.95. The van der Waals surface area contributed by atoms with E-state index >= 15 is 0 Å². The molecule has 2 rings (SSSR count). The average Bonchev–Trinajstić information content (AvgIpc) is 2.29. The molecule has 4 N–H and O–H groups in total. The zero-order valence-electron chi connectivity index (χ0n) is 10.8. The van der Waals surface area contributed by atoms with Crippen LogP contribution in [0.4, 0.5) is 0 Å². The van der Waals surface area contributed by atoms with Crippen LogP contribution in [0.5, 0.6) is 0 Å². The molecule has 0 saturated heterocycles. The first kappa shape index (κ1) is 14.1. The van der Waals surface area contributed by atoms with E-state index in [2.05, 4.69) is 32.6 Å². The van der Waals surface area contributed by atoms with Gasteiger partial charge in [-0.25, -0.2) is 4.99 Å². The molecule has 1 aromatic carbocycles. The highest BCUT2D eigenvalue weighted by molar-refractivity contribution is 14.1. The summed E-state index contributed by atoms with van der Waals surface area (Å²) in [6, 6.07) is 8.05. The van der Waals surface area contributed by atoms with Crippen molar-refractivity contribution < 1.29 is 4.84 Å².